The average Bonchev–Trinajstić information content (AvgIpc) is 3.03. The van der Waals surface area contributed by atoms with E-state index in [-0.39, 0.29) is 33.7 Å². The minimum atomic E-state index is -2.91. The molecule has 1 aromatic heterocycles. The zero-order valence-corrected chi connectivity index (χ0v) is 16.7. The molecule has 0 aliphatic rings. The van der Waals surface area contributed by atoms with Crippen LogP contribution >= 0.6 is 23.2 Å². The van der Waals surface area contributed by atoms with Gasteiger partial charge in [0, 0.05) is 22.9 Å². The Hall–Kier alpha value is -2.97. The molecule has 0 bridgehead atoms. The number of carbonyl (C=O) groups excluding carboxylic acids is 1. The number of nitrogens with zero attached hydrogens (tertiary/aromatic N) is 2. The van der Waals surface area contributed by atoms with E-state index in [0.29, 0.717) is 5.56 Å². The molecule has 30 heavy (non-hydrogen) atoms. The van der Waals surface area contributed by atoms with E-state index in [1.54, 1.807) is 6.07 Å². The summed E-state index contributed by atoms with van der Waals surface area (Å²) in [6, 6.07) is 10.1. The summed E-state index contributed by atoms with van der Waals surface area (Å²) in [7, 11) is 0. The molecule has 5 nitrogen and oxygen atoms in total. The smallest absolute Gasteiger partial charge is 0.387 e. The Morgan fingerprint density at radius 2 is 1.90 bits per heavy atom. The lowest BCUT2D eigenvalue weighted by molar-refractivity contribution is -0.111. The van der Waals surface area contributed by atoms with Crippen LogP contribution in [0.5, 0.6) is 5.75 Å². The molecular weight excluding hydrogens is 442 g/mol. The van der Waals surface area contributed by atoms with Crippen LogP contribution in [0.1, 0.15) is 11.1 Å². The lowest BCUT2D eigenvalue weighted by Crippen LogP contribution is -2.10. The number of ether oxygens (including phenoxy) is 1. The maximum absolute atomic E-state index is 13.9. The Labute approximate surface area is 179 Å². The van der Waals surface area contributed by atoms with Gasteiger partial charge in [0.15, 0.2) is 5.82 Å². The zero-order chi connectivity index (χ0) is 21.7. The van der Waals surface area contributed by atoms with Gasteiger partial charge in [0.2, 0.25) is 5.91 Å². The lowest BCUT2D eigenvalue weighted by Gasteiger charge is -2.05. The highest BCUT2D eigenvalue weighted by Crippen LogP contribution is 2.24. The maximum Gasteiger partial charge on any atom is 0.387 e. The fraction of sp³-hybridized carbons (Fsp3) is 0.100. The monoisotopic (exact) mass is 455 g/mol. The van der Waals surface area contributed by atoms with Gasteiger partial charge in [-0.2, -0.15) is 13.9 Å². The van der Waals surface area contributed by atoms with E-state index in [1.165, 1.54) is 59.4 Å². The van der Waals surface area contributed by atoms with Crippen LogP contribution in [0, 0.1) is 5.82 Å². The number of hydrogen-bond donors (Lipinski definition) is 1. The summed E-state index contributed by atoms with van der Waals surface area (Å²) >= 11 is 12.1. The SMILES string of the molecule is O=C(/C=C\c1ccc(OC(F)F)cc1)Nc1nn(Cc2c(F)cccc2Cl)cc1Cl. The van der Waals surface area contributed by atoms with Crippen molar-refractivity contribution >= 4 is 41.0 Å². The molecule has 1 heterocycles. The van der Waals surface area contributed by atoms with E-state index in [1.807, 2.05) is 0 Å². The van der Waals surface area contributed by atoms with Crippen LogP contribution in [-0.2, 0) is 11.3 Å². The molecule has 0 saturated heterocycles. The molecule has 0 radical (unpaired) electrons. The van der Waals surface area contributed by atoms with Crippen LogP contribution in [0.25, 0.3) is 6.08 Å². The summed E-state index contributed by atoms with van der Waals surface area (Å²) in [6.45, 7) is -2.87. The topological polar surface area (TPSA) is 56.1 Å². The van der Waals surface area contributed by atoms with E-state index < -0.39 is 18.3 Å². The maximum atomic E-state index is 13.9. The Morgan fingerprint density at radius 1 is 1.17 bits per heavy atom. The third-order valence-corrected chi connectivity index (χ3v) is 4.50. The summed E-state index contributed by atoms with van der Waals surface area (Å²) in [4.78, 5) is 12.1. The van der Waals surface area contributed by atoms with Gasteiger partial charge in [0.1, 0.15) is 16.6 Å². The number of carbonyl (C=O) groups is 1. The van der Waals surface area contributed by atoms with Gasteiger partial charge in [-0.05, 0) is 35.9 Å². The average molecular weight is 456 g/mol. The second-order valence-corrected chi connectivity index (χ2v) is 6.81. The Kier molecular flexibility index (Phi) is 7.02. The van der Waals surface area contributed by atoms with E-state index in [2.05, 4.69) is 15.2 Å². The molecule has 156 valence electrons. The predicted octanol–water partition coefficient (Wildman–Crippen LogP) is 5.63. The number of hydrogen-bond acceptors (Lipinski definition) is 3. The summed E-state index contributed by atoms with van der Waals surface area (Å²) < 4.78 is 43.8. The highest BCUT2D eigenvalue weighted by molar-refractivity contribution is 6.33. The Morgan fingerprint density at radius 3 is 2.57 bits per heavy atom. The molecule has 0 aliphatic heterocycles. The van der Waals surface area contributed by atoms with E-state index in [4.69, 9.17) is 23.2 Å². The van der Waals surface area contributed by atoms with Crippen molar-refractivity contribution in [2.45, 2.75) is 13.2 Å². The van der Waals surface area contributed by atoms with Crippen molar-refractivity contribution in [2.24, 2.45) is 0 Å². The summed E-state index contributed by atoms with van der Waals surface area (Å²) in [5.74, 6) is -0.884. The molecule has 0 aliphatic carbocycles. The molecule has 0 fully saturated rings. The summed E-state index contributed by atoms with van der Waals surface area (Å²) in [5, 5.41) is 7.06. The number of benzene rings is 2. The van der Waals surface area contributed by atoms with Crippen molar-refractivity contribution in [1.29, 1.82) is 0 Å². The summed E-state index contributed by atoms with van der Waals surface area (Å²) in [6.07, 6.45) is 4.14. The van der Waals surface area contributed by atoms with Crippen molar-refractivity contribution in [3.05, 3.63) is 81.7 Å². The molecule has 10 heteroatoms. The molecule has 0 atom stereocenters. The largest absolute Gasteiger partial charge is 0.435 e. The van der Waals surface area contributed by atoms with Crippen molar-refractivity contribution in [3.8, 4) is 5.75 Å². The van der Waals surface area contributed by atoms with Gasteiger partial charge in [0.25, 0.3) is 0 Å². The molecule has 0 saturated carbocycles. The predicted molar refractivity (Wildman–Crippen MR) is 108 cm³/mol. The second kappa shape index (κ2) is 9.69. The van der Waals surface area contributed by atoms with Crippen LogP contribution in [0.4, 0.5) is 19.0 Å². The van der Waals surface area contributed by atoms with Gasteiger partial charge in [-0.15, -0.1) is 0 Å². The third kappa shape index (κ3) is 5.77. The normalized spacial score (nSPS) is 11.3. The van der Waals surface area contributed by atoms with Crippen molar-refractivity contribution in [3.63, 3.8) is 0 Å². The van der Waals surface area contributed by atoms with Crippen LogP contribution in [0.2, 0.25) is 10.0 Å². The van der Waals surface area contributed by atoms with Crippen molar-refractivity contribution < 1.29 is 22.7 Å². The van der Waals surface area contributed by atoms with Gasteiger partial charge >= 0.3 is 6.61 Å². The fourth-order valence-corrected chi connectivity index (χ4v) is 2.92. The van der Waals surface area contributed by atoms with Gasteiger partial charge < -0.3 is 10.1 Å². The van der Waals surface area contributed by atoms with Gasteiger partial charge in [-0.25, -0.2) is 4.39 Å². The first-order valence-electron chi connectivity index (χ1n) is 8.51. The number of rotatable bonds is 7. The number of aromatic nitrogens is 2. The van der Waals surface area contributed by atoms with Gasteiger partial charge in [-0.1, -0.05) is 41.4 Å². The Balaban J connectivity index is 1.63. The minimum Gasteiger partial charge on any atom is -0.435 e. The first kappa shape index (κ1) is 21.7. The highest BCUT2D eigenvalue weighted by atomic mass is 35.5. The molecule has 2 aromatic carbocycles. The highest BCUT2D eigenvalue weighted by Gasteiger charge is 2.13. The number of alkyl halides is 2. The molecular formula is C20H14Cl2F3N3O2. The number of anilines is 1. The van der Waals surface area contributed by atoms with E-state index in [9.17, 15) is 18.0 Å². The molecule has 0 unspecified atom stereocenters. The first-order valence-corrected chi connectivity index (χ1v) is 9.27. The van der Waals surface area contributed by atoms with Gasteiger partial charge in [0.05, 0.1) is 6.54 Å². The minimum absolute atomic E-state index is 0.0129. The van der Waals surface area contributed by atoms with Crippen LogP contribution < -0.4 is 10.1 Å². The second-order valence-electron chi connectivity index (χ2n) is 5.99. The standard InChI is InChI=1S/C20H14Cl2F3N3O2/c21-15-2-1-3-17(23)14(15)10-28-11-16(22)19(27-28)26-18(29)9-6-12-4-7-13(8-5-12)30-20(24)25/h1-9,11,20H,10H2,(H,26,27,29)/b9-6-. The molecule has 1 N–H and O–H groups in total. The van der Waals surface area contributed by atoms with Crippen molar-refractivity contribution in [2.75, 3.05) is 5.32 Å². The molecule has 1 amide bonds. The number of halogens is 5. The quantitative estimate of drug-likeness (QED) is 0.469. The molecule has 3 aromatic rings. The number of amides is 1. The molecule has 3 rings (SSSR count). The van der Waals surface area contributed by atoms with Crippen LogP contribution in [0.15, 0.2) is 54.7 Å². The van der Waals surface area contributed by atoms with E-state index >= 15 is 0 Å². The lowest BCUT2D eigenvalue weighted by atomic mass is 10.2. The van der Waals surface area contributed by atoms with Gasteiger partial charge in [-0.3, -0.25) is 9.48 Å². The van der Waals surface area contributed by atoms with Crippen molar-refractivity contribution in [1.82, 2.24) is 9.78 Å². The molecule has 0 spiro atoms. The third-order valence-electron chi connectivity index (χ3n) is 3.87. The fourth-order valence-electron chi connectivity index (χ4n) is 2.50. The Bertz CT molecular complexity index is 1050. The zero-order valence-electron chi connectivity index (χ0n) is 15.2. The van der Waals surface area contributed by atoms with Crippen LogP contribution in [-0.4, -0.2) is 22.3 Å². The summed E-state index contributed by atoms with van der Waals surface area (Å²) in [5.41, 5.74) is 0.841. The number of nitrogens with one attached hydrogen (secondary N) is 1. The first-order chi connectivity index (χ1) is 14.3. The van der Waals surface area contributed by atoms with Crippen LogP contribution in [0.3, 0.4) is 0 Å². The van der Waals surface area contributed by atoms with E-state index in [0.717, 1.165) is 0 Å².